The van der Waals surface area contributed by atoms with Crippen LogP contribution in [0.4, 0.5) is 4.79 Å². The molecular weight excluding hydrogens is 426 g/mol. The Morgan fingerprint density at radius 1 is 1.00 bits per heavy atom. The van der Waals surface area contributed by atoms with Crippen molar-refractivity contribution in [1.29, 1.82) is 0 Å². The van der Waals surface area contributed by atoms with Crippen LogP contribution in [0.3, 0.4) is 0 Å². The fourth-order valence-corrected chi connectivity index (χ4v) is 3.98. The zero-order valence-corrected chi connectivity index (χ0v) is 18.8. The summed E-state index contributed by atoms with van der Waals surface area (Å²) in [5.41, 5.74) is 4.33. The van der Waals surface area contributed by atoms with Gasteiger partial charge in [-0.15, -0.1) is 0 Å². The largest absolute Gasteiger partial charge is 0.480 e. The second kappa shape index (κ2) is 10.5. The molecule has 0 saturated heterocycles. The van der Waals surface area contributed by atoms with Crippen molar-refractivity contribution < 1.29 is 29.3 Å². The Hall–Kier alpha value is -3.43. The zero-order valence-electron chi connectivity index (χ0n) is 18.8. The van der Waals surface area contributed by atoms with Crippen LogP contribution in [0.2, 0.25) is 0 Å². The Balaban J connectivity index is 1.67. The lowest BCUT2D eigenvalue weighted by Crippen LogP contribution is -2.57. The molecule has 3 rings (SSSR count). The number of amides is 2. The summed E-state index contributed by atoms with van der Waals surface area (Å²) in [4.78, 5) is 38.2. The number of benzene rings is 2. The van der Waals surface area contributed by atoms with E-state index >= 15 is 0 Å². The number of rotatable bonds is 9. The number of likely N-dealkylation sites (N-methyl/N-ethyl adjacent to an activating group) is 1. The topological polar surface area (TPSA) is 128 Å². The van der Waals surface area contributed by atoms with E-state index in [0.717, 1.165) is 22.3 Å². The van der Waals surface area contributed by atoms with Crippen molar-refractivity contribution in [3.8, 4) is 11.1 Å². The lowest BCUT2D eigenvalue weighted by Gasteiger charge is -2.25. The number of ether oxygens (including phenoxy) is 1. The van der Waals surface area contributed by atoms with Gasteiger partial charge >= 0.3 is 12.1 Å². The van der Waals surface area contributed by atoms with E-state index in [-0.39, 0.29) is 19.1 Å². The van der Waals surface area contributed by atoms with E-state index in [1.54, 1.807) is 19.0 Å². The molecule has 2 unspecified atom stereocenters. The normalized spacial score (nSPS) is 15.2. The van der Waals surface area contributed by atoms with Gasteiger partial charge in [0.15, 0.2) is 6.04 Å². The van der Waals surface area contributed by atoms with Crippen LogP contribution >= 0.6 is 0 Å². The number of aliphatic carboxylic acids is 1. The smallest absolute Gasteiger partial charge is 0.407 e. The van der Waals surface area contributed by atoms with Crippen LogP contribution in [-0.2, 0) is 14.3 Å². The lowest BCUT2D eigenvalue weighted by molar-refractivity contribution is -0.145. The molecule has 0 heterocycles. The number of carbonyl (C=O) groups is 3. The van der Waals surface area contributed by atoms with E-state index in [2.05, 4.69) is 10.6 Å². The van der Waals surface area contributed by atoms with Gasteiger partial charge in [0.1, 0.15) is 12.6 Å². The first kappa shape index (κ1) is 24.2. The van der Waals surface area contributed by atoms with Gasteiger partial charge in [-0.25, -0.2) is 9.59 Å². The van der Waals surface area contributed by atoms with Crippen LogP contribution in [-0.4, -0.2) is 78.5 Å². The number of carbonyl (C=O) groups excluding carboxylic acids is 2. The first-order chi connectivity index (χ1) is 15.7. The number of fused-ring (bicyclic) bond motifs is 3. The van der Waals surface area contributed by atoms with Crippen molar-refractivity contribution >= 4 is 18.0 Å². The van der Waals surface area contributed by atoms with E-state index in [9.17, 15) is 24.6 Å². The maximum absolute atomic E-state index is 12.6. The standard InChI is InChI=1S/C24H29N3O6/c1-14(28)21(23(30)31)26-22(29)20(12-27(2)3)25-24(32)33-13-19-17-10-6-4-8-15(17)16-9-5-7-11-18(16)19/h4-11,14,19-21,28H,12-13H2,1-3H3,(H,25,32)(H,26,29)(H,30,31)/t14?,20-,21?/m0/s1. The molecule has 3 atom stereocenters. The SMILES string of the molecule is CC(O)C(NC(=O)[C@H](CN(C)C)NC(=O)OCC1c2ccccc2-c2ccccc21)C(=O)O. The molecule has 2 amide bonds. The molecule has 0 radical (unpaired) electrons. The van der Waals surface area contributed by atoms with E-state index < -0.39 is 36.2 Å². The fraction of sp³-hybridized carbons (Fsp3) is 0.375. The molecule has 9 heteroatoms. The highest BCUT2D eigenvalue weighted by Crippen LogP contribution is 2.44. The maximum Gasteiger partial charge on any atom is 0.407 e. The van der Waals surface area contributed by atoms with Gasteiger partial charge in [-0.3, -0.25) is 4.79 Å². The molecule has 2 aromatic rings. The summed E-state index contributed by atoms with van der Waals surface area (Å²) in [7, 11) is 3.42. The molecule has 176 valence electrons. The van der Waals surface area contributed by atoms with Crippen LogP contribution in [0.1, 0.15) is 24.0 Å². The summed E-state index contributed by atoms with van der Waals surface area (Å²) in [5.74, 6) is -2.23. The molecule has 0 fully saturated rings. The maximum atomic E-state index is 12.6. The Morgan fingerprint density at radius 2 is 1.55 bits per heavy atom. The minimum atomic E-state index is -1.49. The molecule has 0 aromatic heterocycles. The number of hydrogen-bond acceptors (Lipinski definition) is 6. The van der Waals surface area contributed by atoms with E-state index in [1.807, 2.05) is 48.5 Å². The summed E-state index contributed by atoms with van der Waals surface area (Å²) in [6, 6.07) is 13.3. The van der Waals surface area contributed by atoms with Crippen molar-refractivity contribution in [1.82, 2.24) is 15.5 Å². The van der Waals surface area contributed by atoms with Crippen molar-refractivity contribution in [2.24, 2.45) is 0 Å². The van der Waals surface area contributed by atoms with Gasteiger partial charge in [-0.1, -0.05) is 48.5 Å². The van der Waals surface area contributed by atoms with Crippen LogP contribution in [0, 0.1) is 0 Å². The molecule has 9 nitrogen and oxygen atoms in total. The first-order valence-corrected chi connectivity index (χ1v) is 10.7. The number of nitrogens with zero attached hydrogens (tertiary/aromatic N) is 1. The molecular formula is C24H29N3O6. The average Bonchev–Trinajstić information content (AvgIpc) is 3.08. The molecule has 0 spiro atoms. The van der Waals surface area contributed by atoms with E-state index in [0.29, 0.717) is 0 Å². The number of aliphatic hydroxyl groups excluding tert-OH is 1. The summed E-state index contributed by atoms with van der Waals surface area (Å²) in [6.07, 6.45) is -2.09. The predicted molar refractivity (Wildman–Crippen MR) is 122 cm³/mol. The number of carboxylic acid groups (broad SMARTS) is 1. The predicted octanol–water partition coefficient (Wildman–Crippen LogP) is 1.41. The number of alkyl carbamates (subject to hydrolysis) is 1. The van der Waals surface area contributed by atoms with Crippen LogP contribution in [0.15, 0.2) is 48.5 Å². The Morgan fingerprint density at radius 3 is 2.03 bits per heavy atom. The molecule has 2 aromatic carbocycles. The molecule has 0 aliphatic heterocycles. The molecule has 1 aliphatic rings. The van der Waals surface area contributed by atoms with Gasteiger partial charge in [-0.2, -0.15) is 0 Å². The fourth-order valence-electron chi connectivity index (χ4n) is 3.98. The quantitative estimate of drug-likeness (QED) is 0.450. The van der Waals surface area contributed by atoms with Crippen molar-refractivity contribution in [2.45, 2.75) is 31.0 Å². The third-order valence-corrected chi connectivity index (χ3v) is 5.55. The number of aliphatic hydroxyl groups is 1. The van der Waals surface area contributed by atoms with Crippen molar-refractivity contribution in [3.05, 3.63) is 59.7 Å². The Kier molecular flexibility index (Phi) is 7.67. The zero-order chi connectivity index (χ0) is 24.1. The van der Waals surface area contributed by atoms with Gasteiger partial charge in [0.25, 0.3) is 0 Å². The minimum Gasteiger partial charge on any atom is -0.480 e. The van der Waals surface area contributed by atoms with Crippen LogP contribution in [0.5, 0.6) is 0 Å². The Labute approximate surface area is 192 Å². The van der Waals surface area contributed by atoms with Gasteiger partial charge in [0, 0.05) is 12.5 Å². The Bertz CT molecular complexity index is 977. The van der Waals surface area contributed by atoms with Gasteiger partial charge in [0.05, 0.1) is 6.10 Å². The third kappa shape index (κ3) is 5.68. The van der Waals surface area contributed by atoms with Gasteiger partial charge in [-0.05, 0) is 43.3 Å². The minimum absolute atomic E-state index is 0.0849. The second-order valence-electron chi connectivity index (χ2n) is 8.35. The summed E-state index contributed by atoms with van der Waals surface area (Å²) in [5, 5.41) is 23.6. The van der Waals surface area contributed by atoms with Crippen molar-refractivity contribution in [2.75, 3.05) is 27.2 Å². The molecule has 0 saturated carbocycles. The highest BCUT2D eigenvalue weighted by Gasteiger charge is 2.32. The third-order valence-electron chi connectivity index (χ3n) is 5.55. The van der Waals surface area contributed by atoms with Crippen LogP contribution in [0.25, 0.3) is 11.1 Å². The number of hydrogen-bond donors (Lipinski definition) is 4. The molecule has 33 heavy (non-hydrogen) atoms. The van der Waals surface area contributed by atoms with E-state index in [1.165, 1.54) is 6.92 Å². The van der Waals surface area contributed by atoms with Crippen molar-refractivity contribution in [3.63, 3.8) is 0 Å². The number of carboxylic acids is 1. The summed E-state index contributed by atoms with van der Waals surface area (Å²) < 4.78 is 5.49. The highest BCUT2D eigenvalue weighted by atomic mass is 16.5. The average molecular weight is 456 g/mol. The molecule has 4 N–H and O–H groups in total. The second-order valence-corrected chi connectivity index (χ2v) is 8.35. The van der Waals surface area contributed by atoms with Gasteiger partial charge in [0.2, 0.25) is 5.91 Å². The summed E-state index contributed by atoms with van der Waals surface area (Å²) in [6.45, 7) is 1.46. The van der Waals surface area contributed by atoms with E-state index in [4.69, 9.17) is 4.74 Å². The number of nitrogens with one attached hydrogen (secondary N) is 2. The molecule has 0 bridgehead atoms. The monoisotopic (exact) mass is 455 g/mol. The molecule has 1 aliphatic carbocycles. The van der Waals surface area contributed by atoms with Gasteiger partial charge < -0.3 is 30.5 Å². The summed E-state index contributed by atoms with van der Waals surface area (Å²) >= 11 is 0. The van der Waals surface area contributed by atoms with Crippen LogP contribution < -0.4 is 10.6 Å². The lowest BCUT2D eigenvalue weighted by atomic mass is 9.98. The highest BCUT2D eigenvalue weighted by molar-refractivity contribution is 5.89. The first-order valence-electron chi connectivity index (χ1n) is 10.7.